The van der Waals surface area contributed by atoms with Crippen LogP contribution in [0.3, 0.4) is 0 Å². The largest absolute Gasteiger partial charge is 0.382 e. The first-order chi connectivity index (χ1) is 13.0. The Labute approximate surface area is 169 Å². The van der Waals surface area contributed by atoms with E-state index in [2.05, 4.69) is 27.7 Å². The molecule has 152 valence electrons. The zero-order valence-corrected chi connectivity index (χ0v) is 18.0. The molecule has 2 rings (SSSR count). The van der Waals surface area contributed by atoms with Crippen LogP contribution in [-0.2, 0) is 17.6 Å². The van der Waals surface area contributed by atoms with E-state index in [1.54, 1.807) is 0 Å². The summed E-state index contributed by atoms with van der Waals surface area (Å²) in [7, 11) is 0. The van der Waals surface area contributed by atoms with Crippen molar-refractivity contribution in [3.63, 3.8) is 0 Å². The maximum Gasteiger partial charge on any atom is 0.195 e. The van der Waals surface area contributed by atoms with Gasteiger partial charge in [-0.2, -0.15) is 0 Å². The van der Waals surface area contributed by atoms with Gasteiger partial charge in [0.1, 0.15) is 11.2 Å². The van der Waals surface area contributed by atoms with Crippen LogP contribution in [0, 0.1) is 0 Å². The number of ketones is 1. The molecule has 0 saturated heterocycles. The van der Waals surface area contributed by atoms with Crippen molar-refractivity contribution in [3.05, 3.63) is 70.8 Å². The Balaban J connectivity index is 2.28. The minimum absolute atomic E-state index is 0.183. The van der Waals surface area contributed by atoms with E-state index in [1.165, 1.54) is 13.8 Å². The van der Waals surface area contributed by atoms with Crippen LogP contribution in [0.1, 0.15) is 75.6 Å². The first-order valence-corrected chi connectivity index (χ1v) is 10.1. The minimum atomic E-state index is -1.65. The summed E-state index contributed by atoms with van der Waals surface area (Å²) in [5.74, 6) is 0.0400. The standard InChI is InChI=1S/C25H34O3/c1-17(2)21-13-9-7-11-19(21)15-24(5,27)23(26)25(6,28)16-20-12-8-10-14-22(20)18(3)4/h7-14,17-18,27-28H,15-16H2,1-6H3. The van der Waals surface area contributed by atoms with Crippen molar-refractivity contribution in [1.82, 2.24) is 0 Å². The van der Waals surface area contributed by atoms with Crippen LogP contribution in [0.5, 0.6) is 0 Å². The molecule has 0 spiro atoms. The number of aliphatic hydroxyl groups is 2. The Morgan fingerprint density at radius 3 is 1.39 bits per heavy atom. The van der Waals surface area contributed by atoms with E-state index in [0.29, 0.717) is 11.8 Å². The molecule has 3 heteroatoms. The minimum Gasteiger partial charge on any atom is -0.382 e. The summed E-state index contributed by atoms with van der Waals surface area (Å²) in [6.07, 6.45) is 0.365. The second-order valence-corrected chi connectivity index (χ2v) is 8.94. The van der Waals surface area contributed by atoms with Gasteiger partial charge in [-0.15, -0.1) is 0 Å². The SMILES string of the molecule is CC(C)c1ccccc1CC(C)(O)C(=O)C(C)(O)Cc1ccccc1C(C)C. The first kappa shape index (κ1) is 22.3. The van der Waals surface area contributed by atoms with E-state index in [0.717, 1.165) is 22.3 Å². The molecule has 0 amide bonds. The average Bonchev–Trinajstić information content (AvgIpc) is 2.61. The summed E-state index contributed by atoms with van der Waals surface area (Å²) in [4.78, 5) is 13.2. The van der Waals surface area contributed by atoms with E-state index in [-0.39, 0.29) is 12.8 Å². The number of carbonyl (C=O) groups excluding carboxylic acids is 1. The molecule has 2 unspecified atom stereocenters. The fraction of sp³-hybridized carbons (Fsp3) is 0.480. The van der Waals surface area contributed by atoms with Gasteiger partial charge in [-0.05, 0) is 47.9 Å². The third kappa shape index (κ3) is 5.09. The summed E-state index contributed by atoms with van der Waals surface area (Å²) < 4.78 is 0. The zero-order valence-electron chi connectivity index (χ0n) is 18.0. The highest BCUT2D eigenvalue weighted by atomic mass is 16.3. The molecule has 2 aromatic rings. The second kappa shape index (κ2) is 8.59. The van der Waals surface area contributed by atoms with Crippen LogP contribution in [0.15, 0.2) is 48.5 Å². The van der Waals surface area contributed by atoms with Crippen molar-refractivity contribution in [3.8, 4) is 0 Å². The summed E-state index contributed by atoms with van der Waals surface area (Å²) in [5.41, 5.74) is 0.798. The number of carbonyl (C=O) groups is 1. The number of rotatable bonds is 8. The number of hydrogen-bond donors (Lipinski definition) is 2. The Morgan fingerprint density at radius 2 is 1.07 bits per heavy atom. The molecule has 28 heavy (non-hydrogen) atoms. The summed E-state index contributed by atoms with van der Waals surface area (Å²) >= 11 is 0. The fourth-order valence-electron chi connectivity index (χ4n) is 4.00. The highest BCUT2D eigenvalue weighted by Crippen LogP contribution is 2.29. The number of Topliss-reactive ketones (excluding diaryl/α,β-unsaturated/α-hetero) is 1. The predicted octanol–water partition coefficient (Wildman–Crippen LogP) is 4.79. The molecule has 0 fully saturated rings. The molecule has 0 radical (unpaired) electrons. The van der Waals surface area contributed by atoms with Crippen molar-refractivity contribution in [2.24, 2.45) is 0 Å². The highest BCUT2D eigenvalue weighted by molar-refractivity contribution is 5.94. The lowest BCUT2D eigenvalue weighted by molar-refractivity contribution is -0.153. The molecule has 0 heterocycles. The van der Waals surface area contributed by atoms with Gasteiger partial charge < -0.3 is 10.2 Å². The van der Waals surface area contributed by atoms with E-state index in [9.17, 15) is 15.0 Å². The van der Waals surface area contributed by atoms with Gasteiger partial charge >= 0.3 is 0 Å². The molecular weight excluding hydrogens is 348 g/mol. The molecule has 0 saturated carbocycles. The Bertz CT molecular complexity index is 749. The third-order valence-corrected chi connectivity index (χ3v) is 5.40. The van der Waals surface area contributed by atoms with E-state index in [4.69, 9.17) is 0 Å². The lowest BCUT2D eigenvalue weighted by Gasteiger charge is -2.32. The molecule has 0 aliphatic rings. The maximum absolute atomic E-state index is 13.2. The molecule has 0 aliphatic heterocycles. The molecule has 3 nitrogen and oxygen atoms in total. The van der Waals surface area contributed by atoms with E-state index >= 15 is 0 Å². The van der Waals surface area contributed by atoms with Crippen LogP contribution in [-0.4, -0.2) is 27.2 Å². The second-order valence-electron chi connectivity index (χ2n) is 8.94. The van der Waals surface area contributed by atoms with Crippen LogP contribution in [0.25, 0.3) is 0 Å². The summed E-state index contributed by atoms with van der Waals surface area (Å²) in [6.45, 7) is 11.4. The number of benzene rings is 2. The first-order valence-electron chi connectivity index (χ1n) is 10.1. The van der Waals surface area contributed by atoms with Crippen LogP contribution < -0.4 is 0 Å². The van der Waals surface area contributed by atoms with Gasteiger partial charge in [0.15, 0.2) is 5.78 Å². The average molecular weight is 383 g/mol. The van der Waals surface area contributed by atoms with Gasteiger partial charge in [0.05, 0.1) is 0 Å². The number of hydrogen-bond acceptors (Lipinski definition) is 3. The molecule has 2 aromatic carbocycles. The van der Waals surface area contributed by atoms with Crippen molar-refractivity contribution >= 4 is 5.78 Å². The van der Waals surface area contributed by atoms with Crippen LogP contribution in [0.4, 0.5) is 0 Å². The molecule has 0 bridgehead atoms. The van der Waals surface area contributed by atoms with Crippen LogP contribution >= 0.6 is 0 Å². The van der Waals surface area contributed by atoms with E-state index < -0.39 is 17.0 Å². The van der Waals surface area contributed by atoms with Gasteiger partial charge in [0.2, 0.25) is 0 Å². The predicted molar refractivity (Wildman–Crippen MR) is 115 cm³/mol. The topological polar surface area (TPSA) is 57.5 Å². The van der Waals surface area contributed by atoms with Crippen molar-refractivity contribution < 1.29 is 15.0 Å². The Kier molecular flexibility index (Phi) is 6.84. The fourth-order valence-corrected chi connectivity index (χ4v) is 4.00. The normalized spacial score (nSPS) is 16.1. The van der Waals surface area contributed by atoms with Crippen molar-refractivity contribution in [1.29, 1.82) is 0 Å². The molecule has 2 N–H and O–H groups in total. The smallest absolute Gasteiger partial charge is 0.195 e. The quantitative estimate of drug-likeness (QED) is 0.690. The van der Waals surface area contributed by atoms with Crippen LogP contribution in [0.2, 0.25) is 0 Å². The summed E-state index contributed by atoms with van der Waals surface area (Å²) in [6, 6.07) is 15.7. The van der Waals surface area contributed by atoms with Gasteiger partial charge in [-0.3, -0.25) is 4.79 Å². The lowest BCUT2D eigenvalue weighted by atomic mass is 9.78. The van der Waals surface area contributed by atoms with Gasteiger partial charge in [-0.25, -0.2) is 0 Å². The van der Waals surface area contributed by atoms with Gasteiger partial charge in [0, 0.05) is 12.8 Å². The molecule has 0 aliphatic carbocycles. The third-order valence-electron chi connectivity index (χ3n) is 5.40. The Hall–Kier alpha value is -1.97. The zero-order chi connectivity index (χ0) is 21.1. The molecule has 0 aromatic heterocycles. The molecular formula is C25H34O3. The summed E-state index contributed by atoms with van der Waals surface area (Å²) in [5, 5.41) is 22.1. The van der Waals surface area contributed by atoms with Gasteiger partial charge in [-0.1, -0.05) is 76.2 Å². The van der Waals surface area contributed by atoms with Crippen molar-refractivity contribution in [2.45, 2.75) is 77.4 Å². The monoisotopic (exact) mass is 382 g/mol. The Morgan fingerprint density at radius 1 is 0.750 bits per heavy atom. The highest BCUT2D eigenvalue weighted by Gasteiger charge is 2.43. The van der Waals surface area contributed by atoms with Crippen molar-refractivity contribution in [2.75, 3.05) is 0 Å². The van der Waals surface area contributed by atoms with Gasteiger partial charge in [0.25, 0.3) is 0 Å². The van der Waals surface area contributed by atoms with E-state index in [1.807, 2.05) is 48.5 Å². The lowest BCUT2D eigenvalue weighted by Crippen LogP contribution is -2.52. The maximum atomic E-state index is 13.2. The molecule has 2 atom stereocenters.